The topological polar surface area (TPSA) is 50.9 Å². The van der Waals surface area contributed by atoms with Crippen molar-refractivity contribution in [1.82, 2.24) is 10.4 Å². The van der Waals surface area contributed by atoms with Gasteiger partial charge >= 0.3 is 0 Å². The minimum absolute atomic E-state index is 0.242. The van der Waals surface area contributed by atoms with Crippen molar-refractivity contribution >= 4 is 0 Å². The molecule has 0 aliphatic rings. The van der Waals surface area contributed by atoms with Crippen LogP contribution in [-0.4, -0.2) is 4.98 Å². The van der Waals surface area contributed by atoms with Crippen molar-refractivity contribution < 1.29 is 4.39 Å². The van der Waals surface area contributed by atoms with E-state index in [1.807, 2.05) is 31.2 Å². The Kier molecular flexibility index (Phi) is 4.02. The summed E-state index contributed by atoms with van der Waals surface area (Å²) in [6.45, 7) is 1.86. The van der Waals surface area contributed by atoms with Gasteiger partial charge in [0.05, 0.1) is 6.04 Å². The molecule has 0 aliphatic heterocycles. The minimum Gasteiger partial charge on any atom is -0.271 e. The number of nitrogens with one attached hydrogen (secondary N) is 1. The fraction of sp³-hybridized carbons (Fsp3) is 0.214. The van der Waals surface area contributed by atoms with Crippen LogP contribution < -0.4 is 11.3 Å². The molecule has 2 aromatic rings. The van der Waals surface area contributed by atoms with Crippen LogP contribution in [-0.2, 0) is 6.42 Å². The Morgan fingerprint density at radius 1 is 1.33 bits per heavy atom. The molecule has 94 valence electrons. The first-order valence-corrected chi connectivity index (χ1v) is 5.83. The van der Waals surface area contributed by atoms with Crippen LogP contribution in [0.4, 0.5) is 4.39 Å². The number of pyridine rings is 1. The maximum Gasteiger partial charge on any atom is 0.128 e. The molecule has 3 N–H and O–H groups in total. The van der Waals surface area contributed by atoms with Crippen molar-refractivity contribution in [2.24, 2.45) is 5.84 Å². The molecule has 3 nitrogen and oxygen atoms in total. The summed E-state index contributed by atoms with van der Waals surface area (Å²) in [5.41, 5.74) is 4.98. The maximum absolute atomic E-state index is 13.9. The number of nitrogens with two attached hydrogens (primary N) is 1. The van der Waals surface area contributed by atoms with E-state index in [1.54, 1.807) is 12.3 Å². The van der Waals surface area contributed by atoms with Gasteiger partial charge in [0, 0.05) is 23.9 Å². The number of benzene rings is 1. The Hall–Kier alpha value is -1.78. The quantitative estimate of drug-likeness (QED) is 0.642. The average molecular weight is 245 g/mol. The van der Waals surface area contributed by atoms with Gasteiger partial charge < -0.3 is 0 Å². The van der Waals surface area contributed by atoms with E-state index in [0.29, 0.717) is 12.0 Å². The first-order chi connectivity index (χ1) is 8.70. The van der Waals surface area contributed by atoms with Crippen molar-refractivity contribution in [3.05, 3.63) is 65.2 Å². The largest absolute Gasteiger partial charge is 0.271 e. The first-order valence-electron chi connectivity index (χ1n) is 5.83. The molecule has 0 saturated heterocycles. The van der Waals surface area contributed by atoms with Gasteiger partial charge in [-0.3, -0.25) is 16.3 Å². The van der Waals surface area contributed by atoms with E-state index in [0.717, 1.165) is 11.3 Å². The van der Waals surface area contributed by atoms with Crippen LogP contribution in [0.25, 0.3) is 0 Å². The van der Waals surface area contributed by atoms with Gasteiger partial charge in [0.1, 0.15) is 5.82 Å². The molecule has 0 bridgehead atoms. The zero-order valence-corrected chi connectivity index (χ0v) is 10.2. The molecule has 0 fully saturated rings. The number of aromatic nitrogens is 1. The van der Waals surface area contributed by atoms with Crippen molar-refractivity contribution in [3.63, 3.8) is 0 Å². The van der Waals surface area contributed by atoms with Gasteiger partial charge in [-0.05, 0) is 30.7 Å². The standard InChI is InChI=1S/C14H16FN3/c1-10-5-6-12(13(15)8-10)14(18-16)9-11-4-2-3-7-17-11/h2-8,14,18H,9,16H2,1H3. The number of hydrogen-bond acceptors (Lipinski definition) is 3. The van der Waals surface area contributed by atoms with Crippen LogP contribution in [0, 0.1) is 12.7 Å². The normalized spacial score (nSPS) is 12.4. The van der Waals surface area contributed by atoms with Crippen molar-refractivity contribution in [2.45, 2.75) is 19.4 Å². The molecule has 4 heteroatoms. The van der Waals surface area contributed by atoms with Crippen LogP contribution in [0.15, 0.2) is 42.6 Å². The summed E-state index contributed by atoms with van der Waals surface area (Å²) in [5, 5.41) is 0. The molecule has 0 saturated carbocycles. The van der Waals surface area contributed by atoms with Gasteiger partial charge in [-0.2, -0.15) is 0 Å². The van der Waals surface area contributed by atoms with Crippen LogP contribution in [0.2, 0.25) is 0 Å². The van der Waals surface area contributed by atoms with Gasteiger partial charge in [0.2, 0.25) is 0 Å². The summed E-state index contributed by atoms with van der Waals surface area (Å²) in [5.74, 6) is 5.27. The first kappa shape index (κ1) is 12.7. The monoisotopic (exact) mass is 245 g/mol. The van der Waals surface area contributed by atoms with Gasteiger partial charge in [-0.25, -0.2) is 4.39 Å². The molecule has 0 aliphatic carbocycles. The smallest absolute Gasteiger partial charge is 0.128 e. The molecular weight excluding hydrogens is 229 g/mol. The lowest BCUT2D eigenvalue weighted by molar-refractivity contribution is 0.506. The number of aryl methyl sites for hydroxylation is 1. The van der Waals surface area contributed by atoms with Crippen LogP contribution in [0.1, 0.15) is 22.9 Å². The molecule has 1 aromatic carbocycles. The minimum atomic E-state index is -0.277. The highest BCUT2D eigenvalue weighted by atomic mass is 19.1. The predicted octanol–water partition coefficient (Wildman–Crippen LogP) is 2.28. The van der Waals surface area contributed by atoms with Gasteiger partial charge in [0.25, 0.3) is 0 Å². The average Bonchev–Trinajstić information content (AvgIpc) is 2.38. The van der Waals surface area contributed by atoms with E-state index in [-0.39, 0.29) is 11.9 Å². The Balaban J connectivity index is 2.23. The fourth-order valence-electron chi connectivity index (χ4n) is 1.90. The van der Waals surface area contributed by atoms with Gasteiger partial charge in [-0.15, -0.1) is 0 Å². The second kappa shape index (κ2) is 5.71. The second-order valence-corrected chi connectivity index (χ2v) is 4.27. The molecule has 0 amide bonds. The van der Waals surface area contributed by atoms with Crippen molar-refractivity contribution in [3.8, 4) is 0 Å². The molecule has 0 spiro atoms. The van der Waals surface area contributed by atoms with E-state index in [9.17, 15) is 4.39 Å². The maximum atomic E-state index is 13.9. The number of hydrogen-bond donors (Lipinski definition) is 2. The summed E-state index contributed by atoms with van der Waals surface area (Å²) >= 11 is 0. The highest BCUT2D eigenvalue weighted by Crippen LogP contribution is 2.20. The predicted molar refractivity (Wildman–Crippen MR) is 69.1 cm³/mol. The third kappa shape index (κ3) is 2.91. The number of halogens is 1. The lowest BCUT2D eigenvalue weighted by Gasteiger charge is -2.17. The van der Waals surface area contributed by atoms with Crippen LogP contribution >= 0.6 is 0 Å². The molecular formula is C14H16FN3. The number of rotatable bonds is 4. The van der Waals surface area contributed by atoms with Crippen molar-refractivity contribution in [1.29, 1.82) is 0 Å². The summed E-state index contributed by atoms with van der Waals surface area (Å²) in [6, 6.07) is 10.5. The molecule has 1 aromatic heterocycles. The van der Waals surface area contributed by atoms with Gasteiger partial charge in [-0.1, -0.05) is 18.2 Å². The Morgan fingerprint density at radius 2 is 2.17 bits per heavy atom. The molecule has 1 atom stereocenters. The van der Waals surface area contributed by atoms with Crippen molar-refractivity contribution in [2.75, 3.05) is 0 Å². The Bertz CT molecular complexity index is 514. The van der Waals surface area contributed by atoms with E-state index in [1.165, 1.54) is 6.07 Å². The summed E-state index contributed by atoms with van der Waals surface area (Å²) < 4.78 is 13.9. The van der Waals surface area contributed by atoms with Gasteiger partial charge in [0.15, 0.2) is 0 Å². The second-order valence-electron chi connectivity index (χ2n) is 4.27. The summed E-state index contributed by atoms with van der Waals surface area (Å²) in [4.78, 5) is 4.22. The van der Waals surface area contributed by atoms with E-state index < -0.39 is 0 Å². The lowest BCUT2D eigenvalue weighted by Crippen LogP contribution is -2.30. The van der Waals surface area contributed by atoms with Crippen LogP contribution in [0.5, 0.6) is 0 Å². The highest BCUT2D eigenvalue weighted by Gasteiger charge is 2.15. The zero-order chi connectivity index (χ0) is 13.0. The van der Waals surface area contributed by atoms with E-state index >= 15 is 0 Å². The SMILES string of the molecule is Cc1ccc(C(Cc2ccccn2)NN)c(F)c1. The van der Waals surface area contributed by atoms with E-state index in [2.05, 4.69) is 10.4 Å². The van der Waals surface area contributed by atoms with Crippen LogP contribution in [0.3, 0.4) is 0 Å². The third-order valence-electron chi connectivity index (χ3n) is 2.87. The Labute approximate surface area is 106 Å². The molecule has 1 unspecified atom stereocenters. The molecule has 1 heterocycles. The lowest BCUT2D eigenvalue weighted by atomic mass is 10.0. The molecule has 18 heavy (non-hydrogen) atoms. The number of nitrogens with zero attached hydrogens (tertiary/aromatic N) is 1. The Morgan fingerprint density at radius 3 is 2.78 bits per heavy atom. The molecule has 0 radical (unpaired) electrons. The fourth-order valence-corrected chi connectivity index (χ4v) is 1.90. The van der Waals surface area contributed by atoms with E-state index in [4.69, 9.17) is 5.84 Å². The highest BCUT2D eigenvalue weighted by molar-refractivity contribution is 5.27. The zero-order valence-electron chi connectivity index (χ0n) is 10.2. The molecule has 2 rings (SSSR count). The number of hydrazine groups is 1. The summed E-state index contributed by atoms with van der Waals surface area (Å²) in [7, 11) is 0. The summed E-state index contributed by atoms with van der Waals surface area (Å²) in [6.07, 6.45) is 2.27. The third-order valence-corrected chi connectivity index (χ3v) is 2.87.